The predicted octanol–water partition coefficient (Wildman–Crippen LogP) is 4.29. The molecule has 104 valence electrons. The van der Waals surface area contributed by atoms with Gasteiger partial charge in [-0.15, -0.1) is 0 Å². The lowest BCUT2D eigenvalue weighted by Crippen LogP contribution is -2.24. The summed E-state index contributed by atoms with van der Waals surface area (Å²) in [4.78, 5) is 13.2. The lowest BCUT2D eigenvalue weighted by atomic mass is 10.1. The van der Waals surface area contributed by atoms with Crippen molar-refractivity contribution in [3.05, 3.63) is 40.8 Å². The molecule has 0 bridgehead atoms. The number of cyclic esters (lactones) is 1. The minimum atomic E-state index is -0.403. The molecule has 1 aromatic carbocycles. The van der Waals surface area contributed by atoms with Crippen LogP contribution in [0.25, 0.3) is 11.1 Å². The molecular formula is C15H14FNO2S. The molecule has 3 rings (SSSR count). The van der Waals surface area contributed by atoms with Crippen molar-refractivity contribution in [3.63, 3.8) is 0 Å². The Morgan fingerprint density at radius 2 is 2.30 bits per heavy atom. The van der Waals surface area contributed by atoms with Crippen molar-refractivity contribution < 1.29 is 13.9 Å². The first-order chi connectivity index (χ1) is 9.69. The standard InChI is InChI=1S/C15H14FNO2S/c1-2-12-8-17(15(18)19-12)11-3-4-13(14(16)7-11)10-5-6-20-9-10/h3-7,9,12H,2,8H2,1H3. The van der Waals surface area contributed by atoms with E-state index < -0.39 is 6.09 Å². The maximum atomic E-state index is 14.2. The molecule has 1 atom stereocenters. The van der Waals surface area contributed by atoms with Crippen molar-refractivity contribution in [1.29, 1.82) is 0 Å². The second kappa shape index (κ2) is 5.25. The predicted molar refractivity (Wildman–Crippen MR) is 77.6 cm³/mol. The summed E-state index contributed by atoms with van der Waals surface area (Å²) < 4.78 is 19.4. The zero-order valence-electron chi connectivity index (χ0n) is 11.0. The number of carbonyl (C=O) groups excluding carboxylic acids is 1. The third kappa shape index (κ3) is 2.29. The molecule has 1 unspecified atom stereocenters. The van der Waals surface area contributed by atoms with Crippen molar-refractivity contribution >= 4 is 23.1 Å². The van der Waals surface area contributed by atoms with Gasteiger partial charge in [0.05, 0.1) is 12.2 Å². The van der Waals surface area contributed by atoms with Gasteiger partial charge in [0.2, 0.25) is 0 Å². The lowest BCUT2D eigenvalue weighted by molar-refractivity contribution is 0.139. The van der Waals surface area contributed by atoms with Crippen LogP contribution in [-0.4, -0.2) is 18.7 Å². The molecule has 2 heterocycles. The van der Waals surface area contributed by atoms with E-state index >= 15 is 0 Å². The highest BCUT2D eigenvalue weighted by atomic mass is 32.1. The number of carbonyl (C=O) groups is 1. The van der Waals surface area contributed by atoms with Gasteiger partial charge in [0.25, 0.3) is 0 Å². The van der Waals surface area contributed by atoms with Gasteiger partial charge in [0.15, 0.2) is 0 Å². The summed E-state index contributed by atoms with van der Waals surface area (Å²) >= 11 is 1.53. The zero-order valence-corrected chi connectivity index (χ0v) is 11.8. The highest BCUT2D eigenvalue weighted by Gasteiger charge is 2.31. The molecular weight excluding hydrogens is 277 g/mol. The Balaban J connectivity index is 1.89. The van der Waals surface area contributed by atoms with Gasteiger partial charge in [-0.05, 0) is 47.0 Å². The van der Waals surface area contributed by atoms with Crippen LogP contribution in [0.15, 0.2) is 35.0 Å². The van der Waals surface area contributed by atoms with Gasteiger partial charge in [0.1, 0.15) is 11.9 Å². The van der Waals surface area contributed by atoms with Crippen molar-refractivity contribution in [1.82, 2.24) is 0 Å². The van der Waals surface area contributed by atoms with E-state index in [9.17, 15) is 9.18 Å². The van der Waals surface area contributed by atoms with E-state index in [0.717, 1.165) is 12.0 Å². The summed E-state index contributed by atoms with van der Waals surface area (Å²) in [5.41, 5.74) is 1.95. The summed E-state index contributed by atoms with van der Waals surface area (Å²) in [7, 11) is 0. The molecule has 1 fully saturated rings. The molecule has 0 saturated carbocycles. The number of hydrogen-bond donors (Lipinski definition) is 0. The van der Waals surface area contributed by atoms with E-state index in [1.807, 2.05) is 23.8 Å². The van der Waals surface area contributed by atoms with Gasteiger partial charge in [-0.25, -0.2) is 9.18 Å². The number of benzene rings is 1. The van der Waals surface area contributed by atoms with Crippen LogP contribution >= 0.6 is 11.3 Å². The molecule has 3 nitrogen and oxygen atoms in total. The van der Waals surface area contributed by atoms with E-state index in [4.69, 9.17) is 4.74 Å². The average molecular weight is 291 g/mol. The number of nitrogens with zero attached hydrogens (tertiary/aromatic N) is 1. The summed E-state index contributed by atoms with van der Waals surface area (Å²) in [5, 5.41) is 3.81. The van der Waals surface area contributed by atoms with Crippen LogP contribution in [0, 0.1) is 5.82 Å². The van der Waals surface area contributed by atoms with E-state index in [1.165, 1.54) is 22.3 Å². The fourth-order valence-electron chi connectivity index (χ4n) is 2.27. The normalized spacial score (nSPS) is 18.4. The number of amides is 1. The molecule has 1 aromatic heterocycles. The van der Waals surface area contributed by atoms with Crippen LogP contribution in [-0.2, 0) is 4.74 Å². The van der Waals surface area contributed by atoms with Crippen LogP contribution in [0.3, 0.4) is 0 Å². The third-order valence-corrected chi connectivity index (χ3v) is 4.11. The fourth-order valence-corrected chi connectivity index (χ4v) is 2.92. The molecule has 1 aliphatic heterocycles. The van der Waals surface area contributed by atoms with Gasteiger partial charge in [0, 0.05) is 5.56 Å². The third-order valence-electron chi connectivity index (χ3n) is 3.43. The van der Waals surface area contributed by atoms with Crippen LogP contribution in [0.1, 0.15) is 13.3 Å². The number of halogens is 1. The summed E-state index contributed by atoms with van der Waals surface area (Å²) in [6.45, 7) is 2.44. The van der Waals surface area contributed by atoms with Crippen molar-refractivity contribution in [2.24, 2.45) is 0 Å². The van der Waals surface area contributed by atoms with Gasteiger partial charge >= 0.3 is 6.09 Å². The van der Waals surface area contributed by atoms with Gasteiger partial charge in [-0.1, -0.05) is 6.92 Å². The maximum absolute atomic E-state index is 14.2. The SMILES string of the molecule is CCC1CN(c2ccc(-c3ccsc3)c(F)c2)C(=O)O1. The Kier molecular flexibility index (Phi) is 3.44. The van der Waals surface area contributed by atoms with E-state index in [-0.39, 0.29) is 11.9 Å². The first kappa shape index (κ1) is 13.1. The molecule has 0 aliphatic carbocycles. The van der Waals surface area contributed by atoms with Crippen molar-refractivity contribution in [3.8, 4) is 11.1 Å². The average Bonchev–Trinajstić information content (AvgIpc) is 3.07. The Labute approximate surface area is 120 Å². The molecule has 5 heteroatoms. The van der Waals surface area contributed by atoms with E-state index in [1.54, 1.807) is 12.1 Å². The minimum absolute atomic E-state index is 0.109. The van der Waals surface area contributed by atoms with Crippen molar-refractivity contribution in [2.45, 2.75) is 19.4 Å². The molecule has 0 spiro atoms. The zero-order chi connectivity index (χ0) is 14.1. The Morgan fingerprint density at radius 3 is 2.90 bits per heavy atom. The molecule has 2 aromatic rings. The van der Waals surface area contributed by atoms with Crippen LogP contribution in [0.2, 0.25) is 0 Å². The molecule has 0 N–H and O–H groups in total. The van der Waals surface area contributed by atoms with Gasteiger partial charge in [-0.3, -0.25) is 4.90 Å². The second-order valence-electron chi connectivity index (χ2n) is 4.70. The molecule has 20 heavy (non-hydrogen) atoms. The summed E-state index contributed by atoms with van der Waals surface area (Å²) in [6.07, 6.45) is 0.249. The highest BCUT2D eigenvalue weighted by Crippen LogP contribution is 2.30. The quantitative estimate of drug-likeness (QED) is 0.844. The fraction of sp³-hybridized carbons (Fsp3) is 0.267. The van der Waals surface area contributed by atoms with Crippen LogP contribution in [0.5, 0.6) is 0 Å². The Hall–Kier alpha value is -1.88. The molecule has 1 amide bonds. The minimum Gasteiger partial charge on any atom is -0.444 e. The smallest absolute Gasteiger partial charge is 0.414 e. The highest BCUT2D eigenvalue weighted by molar-refractivity contribution is 7.08. The summed E-state index contributed by atoms with van der Waals surface area (Å²) in [5.74, 6) is -0.325. The topological polar surface area (TPSA) is 29.5 Å². The monoisotopic (exact) mass is 291 g/mol. The van der Waals surface area contributed by atoms with E-state index in [2.05, 4.69) is 0 Å². The van der Waals surface area contributed by atoms with Crippen molar-refractivity contribution in [2.75, 3.05) is 11.4 Å². The largest absolute Gasteiger partial charge is 0.444 e. The maximum Gasteiger partial charge on any atom is 0.414 e. The Morgan fingerprint density at radius 1 is 1.45 bits per heavy atom. The van der Waals surface area contributed by atoms with Crippen LogP contribution < -0.4 is 4.90 Å². The number of anilines is 1. The van der Waals surface area contributed by atoms with Gasteiger partial charge in [-0.2, -0.15) is 11.3 Å². The van der Waals surface area contributed by atoms with Crippen LogP contribution in [0.4, 0.5) is 14.9 Å². The first-order valence-electron chi connectivity index (χ1n) is 6.49. The van der Waals surface area contributed by atoms with Gasteiger partial charge < -0.3 is 4.74 Å². The summed E-state index contributed by atoms with van der Waals surface area (Å²) in [6, 6.07) is 6.74. The van der Waals surface area contributed by atoms with E-state index in [0.29, 0.717) is 17.8 Å². The lowest BCUT2D eigenvalue weighted by Gasteiger charge is -2.14. The Bertz CT molecular complexity index is 627. The number of hydrogen-bond acceptors (Lipinski definition) is 3. The number of thiophene rings is 1. The molecule has 0 radical (unpaired) electrons. The number of rotatable bonds is 3. The first-order valence-corrected chi connectivity index (χ1v) is 7.43. The second-order valence-corrected chi connectivity index (χ2v) is 5.48. The number of ether oxygens (including phenoxy) is 1. The molecule has 1 aliphatic rings. The molecule has 1 saturated heterocycles.